The summed E-state index contributed by atoms with van der Waals surface area (Å²) in [6.07, 6.45) is 2.05. The Morgan fingerprint density at radius 2 is 1.70 bits per heavy atom. The zero-order valence-electron chi connectivity index (χ0n) is 13.4. The molecule has 0 aliphatic carbocycles. The molecule has 0 fully saturated rings. The van der Waals surface area contributed by atoms with Gasteiger partial charge in [0, 0.05) is 38.3 Å². The third-order valence-electron chi connectivity index (χ3n) is 3.04. The van der Waals surface area contributed by atoms with Gasteiger partial charge in [-0.2, -0.15) is 0 Å². The fraction of sp³-hybridized carbons (Fsp3) is 0.733. The van der Waals surface area contributed by atoms with Crippen LogP contribution in [0.4, 0.5) is 11.6 Å². The van der Waals surface area contributed by atoms with Gasteiger partial charge < -0.3 is 15.4 Å². The lowest BCUT2D eigenvalue weighted by molar-refractivity contribution is 0.197. The van der Waals surface area contributed by atoms with Crippen molar-refractivity contribution in [3.05, 3.63) is 11.4 Å². The summed E-state index contributed by atoms with van der Waals surface area (Å²) in [6.45, 7) is 11.0. The molecule has 0 unspecified atom stereocenters. The number of ether oxygens (including phenoxy) is 1. The lowest BCUT2D eigenvalue weighted by Gasteiger charge is -2.16. The van der Waals surface area contributed by atoms with E-state index >= 15 is 0 Å². The zero-order valence-corrected chi connectivity index (χ0v) is 13.4. The molecule has 0 aliphatic heterocycles. The van der Waals surface area contributed by atoms with Crippen LogP contribution >= 0.6 is 0 Å². The van der Waals surface area contributed by atoms with Gasteiger partial charge in [-0.3, -0.25) is 0 Å². The van der Waals surface area contributed by atoms with Crippen LogP contribution in [0.2, 0.25) is 0 Å². The van der Waals surface area contributed by atoms with Crippen molar-refractivity contribution in [3.8, 4) is 0 Å². The van der Waals surface area contributed by atoms with Crippen LogP contribution in [0.5, 0.6) is 0 Å². The molecule has 0 saturated heterocycles. The molecule has 0 saturated carbocycles. The van der Waals surface area contributed by atoms with Crippen molar-refractivity contribution in [2.24, 2.45) is 0 Å². The first kappa shape index (κ1) is 16.7. The highest BCUT2D eigenvalue weighted by Crippen LogP contribution is 2.23. The Kier molecular flexibility index (Phi) is 7.30. The zero-order chi connectivity index (χ0) is 15.0. The molecule has 0 spiro atoms. The predicted molar refractivity (Wildman–Crippen MR) is 84.6 cm³/mol. The quantitative estimate of drug-likeness (QED) is 0.680. The highest BCUT2D eigenvalue weighted by atomic mass is 16.5. The fourth-order valence-electron chi connectivity index (χ4n) is 1.80. The van der Waals surface area contributed by atoms with Crippen LogP contribution in [0.25, 0.3) is 0 Å². The van der Waals surface area contributed by atoms with E-state index < -0.39 is 0 Å². The molecule has 1 heterocycles. The minimum atomic E-state index is 0.317. The van der Waals surface area contributed by atoms with E-state index in [1.807, 2.05) is 0 Å². The monoisotopic (exact) mass is 280 g/mol. The van der Waals surface area contributed by atoms with Gasteiger partial charge in [0.25, 0.3) is 0 Å². The first-order valence-corrected chi connectivity index (χ1v) is 7.45. The number of nitrogens with one attached hydrogen (secondary N) is 2. The van der Waals surface area contributed by atoms with Crippen molar-refractivity contribution in [2.75, 3.05) is 37.4 Å². The van der Waals surface area contributed by atoms with E-state index in [9.17, 15) is 0 Å². The van der Waals surface area contributed by atoms with Crippen LogP contribution in [-0.4, -0.2) is 36.8 Å². The van der Waals surface area contributed by atoms with Crippen LogP contribution in [0, 0.1) is 6.92 Å². The number of rotatable bonds is 9. The SMILES string of the molecule is CCCNc1nc(C(C)C)nc(NCCCOC)c1C. The largest absolute Gasteiger partial charge is 0.385 e. The van der Waals surface area contributed by atoms with Crippen molar-refractivity contribution in [3.63, 3.8) is 0 Å². The molecule has 20 heavy (non-hydrogen) atoms. The minimum Gasteiger partial charge on any atom is -0.385 e. The van der Waals surface area contributed by atoms with Gasteiger partial charge in [0.2, 0.25) is 0 Å². The number of hydrogen-bond acceptors (Lipinski definition) is 5. The molecular weight excluding hydrogens is 252 g/mol. The van der Waals surface area contributed by atoms with Crippen molar-refractivity contribution in [1.29, 1.82) is 0 Å². The van der Waals surface area contributed by atoms with Crippen LogP contribution in [0.1, 0.15) is 50.9 Å². The number of aromatic nitrogens is 2. The minimum absolute atomic E-state index is 0.317. The summed E-state index contributed by atoms with van der Waals surface area (Å²) in [5.74, 6) is 3.07. The van der Waals surface area contributed by atoms with Crippen LogP contribution in [-0.2, 0) is 4.74 Å². The van der Waals surface area contributed by atoms with Crippen molar-refractivity contribution in [2.45, 2.75) is 46.5 Å². The first-order chi connectivity index (χ1) is 9.60. The molecule has 1 rings (SSSR count). The van der Waals surface area contributed by atoms with E-state index in [4.69, 9.17) is 4.74 Å². The second kappa shape index (κ2) is 8.74. The maximum absolute atomic E-state index is 5.06. The average Bonchev–Trinajstić information content (AvgIpc) is 2.43. The molecule has 1 aromatic rings. The maximum Gasteiger partial charge on any atom is 0.135 e. The predicted octanol–water partition coefficient (Wildman–Crippen LogP) is 3.18. The number of methoxy groups -OCH3 is 1. The molecule has 0 aromatic carbocycles. The van der Waals surface area contributed by atoms with E-state index in [1.54, 1.807) is 7.11 Å². The van der Waals surface area contributed by atoms with E-state index in [1.165, 1.54) is 0 Å². The second-order valence-corrected chi connectivity index (χ2v) is 5.26. The van der Waals surface area contributed by atoms with Gasteiger partial charge in [-0.05, 0) is 19.8 Å². The van der Waals surface area contributed by atoms with Gasteiger partial charge >= 0.3 is 0 Å². The summed E-state index contributed by atoms with van der Waals surface area (Å²) in [6, 6.07) is 0. The van der Waals surface area contributed by atoms with Crippen LogP contribution < -0.4 is 10.6 Å². The molecule has 0 atom stereocenters. The Hall–Kier alpha value is -1.36. The van der Waals surface area contributed by atoms with Gasteiger partial charge in [-0.15, -0.1) is 0 Å². The Labute approximate surface area is 122 Å². The molecule has 1 aromatic heterocycles. The number of hydrogen-bond donors (Lipinski definition) is 2. The topological polar surface area (TPSA) is 59.1 Å². The summed E-state index contributed by atoms with van der Waals surface area (Å²) in [4.78, 5) is 9.26. The number of anilines is 2. The maximum atomic E-state index is 5.06. The summed E-state index contributed by atoms with van der Waals surface area (Å²) in [5, 5.41) is 6.77. The summed E-state index contributed by atoms with van der Waals surface area (Å²) >= 11 is 0. The normalized spacial score (nSPS) is 10.9. The lowest BCUT2D eigenvalue weighted by Crippen LogP contribution is -2.13. The Morgan fingerprint density at radius 3 is 2.20 bits per heavy atom. The van der Waals surface area contributed by atoms with Gasteiger partial charge in [0.15, 0.2) is 0 Å². The molecule has 114 valence electrons. The highest BCUT2D eigenvalue weighted by molar-refractivity contribution is 5.57. The van der Waals surface area contributed by atoms with E-state index in [2.05, 4.69) is 48.3 Å². The average molecular weight is 280 g/mol. The molecule has 5 heteroatoms. The van der Waals surface area contributed by atoms with Crippen LogP contribution in [0.15, 0.2) is 0 Å². The smallest absolute Gasteiger partial charge is 0.135 e. The highest BCUT2D eigenvalue weighted by Gasteiger charge is 2.12. The molecule has 0 radical (unpaired) electrons. The van der Waals surface area contributed by atoms with Crippen molar-refractivity contribution < 1.29 is 4.74 Å². The van der Waals surface area contributed by atoms with Gasteiger partial charge in [0.1, 0.15) is 17.5 Å². The van der Waals surface area contributed by atoms with Crippen molar-refractivity contribution in [1.82, 2.24) is 9.97 Å². The summed E-state index contributed by atoms with van der Waals surface area (Å²) in [7, 11) is 1.72. The van der Waals surface area contributed by atoms with Crippen LogP contribution in [0.3, 0.4) is 0 Å². The molecule has 0 aliphatic rings. The van der Waals surface area contributed by atoms with Gasteiger partial charge in [0.05, 0.1) is 0 Å². The number of nitrogens with zero attached hydrogens (tertiary/aromatic N) is 2. The lowest BCUT2D eigenvalue weighted by atomic mass is 10.2. The molecule has 5 nitrogen and oxygen atoms in total. The van der Waals surface area contributed by atoms with E-state index in [0.717, 1.165) is 55.6 Å². The molecular formula is C15H28N4O. The fourth-order valence-corrected chi connectivity index (χ4v) is 1.80. The molecule has 2 N–H and O–H groups in total. The molecule has 0 bridgehead atoms. The Bertz CT molecular complexity index is 407. The third-order valence-corrected chi connectivity index (χ3v) is 3.04. The summed E-state index contributed by atoms with van der Waals surface area (Å²) in [5.41, 5.74) is 1.08. The third kappa shape index (κ3) is 4.96. The first-order valence-electron chi connectivity index (χ1n) is 7.45. The van der Waals surface area contributed by atoms with Crippen molar-refractivity contribution >= 4 is 11.6 Å². The van der Waals surface area contributed by atoms with Gasteiger partial charge in [-0.1, -0.05) is 20.8 Å². The van der Waals surface area contributed by atoms with Gasteiger partial charge in [-0.25, -0.2) is 9.97 Å². The second-order valence-electron chi connectivity index (χ2n) is 5.26. The molecule has 0 amide bonds. The Balaban J connectivity index is 2.86. The van der Waals surface area contributed by atoms with E-state index in [0.29, 0.717) is 5.92 Å². The summed E-state index contributed by atoms with van der Waals surface area (Å²) < 4.78 is 5.06. The van der Waals surface area contributed by atoms with E-state index in [-0.39, 0.29) is 0 Å². The Morgan fingerprint density at radius 1 is 1.10 bits per heavy atom. The standard InChI is InChI=1S/C15H28N4O/c1-6-8-16-14-12(4)15(17-9-7-10-20-5)19-13(18-14)11(2)3/h11H,6-10H2,1-5H3,(H2,16,17,18,19).